The molecule has 0 spiro atoms. The standard InChI is InChI=1S/C10H17N5O/c1-3-12-10(16)8-4-5-9(15-14-8)13-6-7(2)11/h4-5,7H,3,6,11H2,1-2H3,(H,12,16)(H,13,15). The summed E-state index contributed by atoms with van der Waals surface area (Å²) in [5.41, 5.74) is 5.90. The van der Waals surface area contributed by atoms with Gasteiger partial charge in [-0.2, -0.15) is 0 Å². The van der Waals surface area contributed by atoms with E-state index in [1.165, 1.54) is 0 Å². The van der Waals surface area contributed by atoms with Crippen molar-refractivity contribution in [1.82, 2.24) is 15.5 Å². The molecule has 1 heterocycles. The van der Waals surface area contributed by atoms with Crippen LogP contribution in [0.1, 0.15) is 24.3 Å². The number of rotatable bonds is 5. The van der Waals surface area contributed by atoms with Crippen LogP contribution < -0.4 is 16.4 Å². The summed E-state index contributed by atoms with van der Waals surface area (Å²) in [7, 11) is 0. The molecule has 1 rings (SSSR count). The van der Waals surface area contributed by atoms with Crippen molar-refractivity contribution in [3.8, 4) is 0 Å². The molecular formula is C10H17N5O. The molecule has 1 aromatic heterocycles. The van der Waals surface area contributed by atoms with Gasteiger partial charge in [0.05, 0.1) is 0 Å². The predicted molar refractivity (Wildman–Crippen MR) is 62.2 cm³/mol. The van der Waals surface area contributed by atoms with Crippen LogP contribution in [0.15, 0.2) is 12.1 Å². The molecule has 0 bridgehead atoms. The van der Waals surface area contributed by atoms with Crippen molar-refractivity contribution in [2.45, 2.75) is 19.9 Å². The van der Waals surface area contributed by atoms with Gasteiger partial charge in [-0.05, 0) is 26.0 Å². The third kappa shape index (κ3) is 3.82. The van der Waals surface area contributed by atoms with Crippen molar-refractivity contribution in [1.29, 1.82) is 0 Å². The van der Waals surface area contributed by atoms with Crippen LogP contribution in [-0.4, -0.2) is 35.2 Å². The molecule has 1 aromatic rings. The minimum atomic E-state index is -0.214. The topological polar surface area (TPSA) is 92.9 Å². The first-order chi connectivity index (χ1) is 7.63. The number of anilines is 1. The SMILES string of the molecule is CCNC(=O)c1ccc(NCC(C)N)nn1. The maximum Gasteiger partial charge on any atom is 0.271 e. The molecule has 1 atom stereocenters. The minimum absolute atomic E-state index is 0.0462. The lowest BCUT2D eigenvalue weighted by molar-refractivity contribution is 0.0950. The number of hydrogen-bond acceptors (Lipinski definition) is 5. The number of nitrogens with zero attached hydrogens (tertiary/aromatic N) is 2. The van der Waals surface area contributed by atoms with Crippen LogP contribution in [0.2, 0.25) is 0 Å². The molecule has 0 fully saturated rings. The molecule has 6 nitrogen and oxygen atoms in total. The summed E-state index contributed by atoms with van der Waals surface area (Å²) in [6, 6.07) is 3.38. The van der Waals surface area contributed by atoms with E-state index >= 15 is 0 Å². The summed E-state index contributed by atoms with van der Waals surface area (Å²) in [6.45, 7) is 4.94. The lowest BCUT2D eigenvalue weighted by Crippen LogP contribution is -2.26. The highest BCUT2D eigenvalue weighted by molar-refractivity contribution is 5.92. The van der Waals surface area contributed by atoms with Crippen LogP contribution in [0.3, 0.4) is 0 Å². The second-order valence-corrected chi connectivity index (χ2v) is 3.52. The molecule has 0 aliphatic carbocycles. The average molecular weight is 223 g/mol. The van der Waals surface area contributed by atoms with E-state index in [9.17, 15) is 4.79 Å². The number of aromatic nitrogens is 2. The van der Waals surface area contributed by atoms with Crippen LogP contribution in [0.4, 0.5) is 5.82 Å². The number of nitrogens with one attached hydrogen (secondary N) is 2. The van der Waals surface area contributed by atoms with Gasteiger partial charge in [-0.3, -0.25) is 4.79 Å². The lowest BCUT2D eigenvalue weighted by atomic mass is 10.3. The highest BCUT2D eigenvalue weighted by Gasteiger charge is 2.06. The summed E-state index contributed by atoms with van der Waals surface area (Å²) in [4.78, 5) is 11.4. The third-order valence-corrected chi connectivity index (χ3v) is 1.84. The second-order valence-electron chi connectivity index (χ2n) is 3.52. The predicted octanol–water partition coefficient (Wildman–Crippen LogP) is -0.0146. The van der Waals surface area contributed by atoms with Gasteiger partial charge < -0.3 is 16.4 Å². The first kappa shape index (κ1) is 12.4. The van der Waals surface area contributed by atoms with E-state index in [2.05, 4.69) is 20.8 Å². The van der Waals surface area contributed by atoms with Gasteiger partial charge in [0.1, 0.15) is 5.82 Å². The molecule has 1 unspecified atom stereocenters. The van der Waals surface area contributed by atoms with Crippen molar-refractivity contribution < 1.29 is 4.79 Å². The largest absolute Gasteiger partial charge is 0.367 e. The van der Waals surface area contributed by atoms with Crippen LogP contribution in [0.5, 0.6) is 0 Å². The molecule has 0 saturated heterocycles. The fourth-order valence-electron chi connectivity index (χ4n) is 1.06. The van der Waals surface area contributed by atoms with Gasteiger partial charge in [0.15, 0.2) is 5.69 Å². The van der Waals surface area contributed by atoms with Crippen LogP contribution >= 0.6 is 0 Å². The number of amides is 1. The molecule has 0 aromatic carbocycles. The summed E-state index contributed by atoms with van der Waals surface area (Å²) in [6.07, 6.45) is 0. The Hall–Kier alpha value is -1.69. The van der Waals surface area contributed by atoms with Crippen molar-refractivity contribution >= 4 is 11.7 Å². The van der Waals surface area contributed by atoms with E-state index < -0.39 is 0 Å². The van der Waals surface area contributed by atoms with Gasteiger partial charge >= 0.3 is 0 Å². The Labute approximate surface area is 94.6 Å². The van der Waals surface area contributed by atoms with E-state index in [0.717, 1.165) is 0 Å². The maximum absolute atomic E-state index is 11.4. The lowest BCUT2D eigenvalue weighted by Gasteiger charge is -2.07. The molecule has 16 heavy (non-hydrogen) atoms. The van der Waals surface area contributed by atoms with Crippen molar-refractivity contribution in [3.05, 3.63) is 17.8 Å². The Bertz CT molecular complexity index is 336. The molecule has 88 valence electrons. The summed E-state index contributed by atoms with van der Waals surface area (Å²) >= 11 is 0. The highest BCUT2D eigenvalue weighted by atomic mass is 16.1. The van der Waals surface area contributed by atoms with E-state index in [-0.39, 0.29) is 11.9 Å². The van der Waals surface area contributed by atoms with Gasteiger partial charge in [0.2, 0.25) is 0 Å². The van der Waals surface area contributed by atoms with E-state index in [0.29, 0.717) is 24.6 Å². The monoisotopic (exact) mass is 223 g/mol. The minimum Gasteiger partial charge on any atom is -0.367 e. The molecule has 6 heteroatoms. The zero-order chi connectivity index (χ0) is 12.0. The number of nitrogens with two attached hydrogens (primary N) is 1. The van der Waals surface area contributed by atoms with E-state index in [4.69, 9.17) is 5.73 Å². The van der Waals surface area contributed by atoms with E-state index in [1.54, 1.807) is 12.1 Å². The fraction of sp³-hybridized carbons (Fsp3) is 0.500. The molecule has 0 aliphatic heterocycles. The average Bonchev–Trinajstić information content (AvgIpc) is 2.27. The van der Waals surface area contributed by atoms with Crippen molar-refractivity contribution in [2.24, 2.45) is 5.73 Å². The van der Waals surface area contributed by atoms with Gasteiger partial charge in [-0.25, -0.2) is 0 Å². The number of hydrogen-bond donors (Lipinski definition) is 3. The fourth-order valence-corrected chi connectivity index (χ4v) is 1.06. The van der Waals surface area contributed by atoms with Crippen LogP contribution in [-0.2, 0) is 0 Å². The van der Waals surface area contributed by atoms with Gasteiger partial charge in [0.25, 0.3) is 5.91 Å². The highest BCUT2D eigenvalue weighted by Crippen LogP contribution is 2.01. The second kappa shape index (κ2) is 6.02. The Kier molecular flexibility index (Phi) is 4.65. The molecule has 0 saturated carbocycles. The molecule has 0 aliphatic rings. The Morgan fingerprint density at radius 3 is 2.75 bits per heavy atom. The maximum atomic E-state index is 11.4. The Balaban J connectivity index is 2.57. The summed E-state index contributed by atoms with van der Waals surface area (Å²) < 4.78 is 0. The smallest absolute Gasteiger partial charge is 0.271 e. The first-order valence-corrected chi connectivity index (χ1v) is 5.25. The van der Waals surface area contributed by atoms with Crippen LogP contribution in [0.25, 0.3) is 0 Å². The van der Waals surface area contributed by atoms with Gasteiger partial charge in [0, 0.05) is 19.1 Å². The summed E-state index contributed by atoms with van der Waals surface area (Å²) in [5.74, 6) is 0.402. The molecule has 0 radical (unpaired) electrons. The molecular weight excluding hydrogens is 206 g/mol. The quantitative estimate of drug-likeness (QED) is 0.652. The molecule has 1 amide bonds. The van der Waals surface area contributed by atoms with Gasteiger partial charge in [-0.1, -0.05) is 0 Å². The zero-order valence-corrected chi connectivity index (χ0v) is 9.53. The summed E-state index contributed by atoms with van der Waals surface area (Å²) in [5, 5.41) is 13.3. The Morgan fingerprint density at radius 1 is 1.50 bits per heavy atom. The van der Waals surface area contributed by atoms with Gasteiger partial charge in [-0.15, -0.1) is 10.2 Å². The van der Waals surface area contributed by atoms with Crippen molar-refractivity contribution in [2.75, 3.05) is 18.4 Å². The van der Waals surface area contributed by atoms with Crippen LogP contribution in [0, 0.1) is 0 Å². The number of carbonyl (C=O) groups is 1. The molecule has 4 N–H and O–H groups in total. The van der Waals surface area contributed by atoms with E-state index in [1.807, 2.05) is 13.8 Å². The number of carbonyl (C=O) groups excluding carboxylic acids is 1. The third-order valence-electron chi connectivity index (χ3n) is 1.84. The normalized spacial score (nSPS) is 11.9. The zero-order valence-electron chi connectivity index (χ0n) is 9.53. The Morgan fingerprint density at radius 2 is 2.25 bits per heavy atom. The van der Waals surface area contributed by atoms with Crippen molar-refractivity contribution in [3.63, 3.8) is 0 Å². The first-order valence-electron chi connectivity index (χ1n) is 5.25.